The highest BCUT2D eigenvalue weighted by Gasteiger charge is 2.23. The molecule has 0 aromatic rings. The number of sulfonamides is 1. The number of carboxylic acids is 1. The molecule has 0 amide bonds. The summed E-state index contributed by atoms with van der Waals surface area (Å²) in [7, 11) is -7.17. The van der Waals surface area contributed by atoms with Gasteiger partial charge in [0, 0.05) is 6.26 Å². The van der Waals surface area contributed by atoms with Crippen LogP contribution in [0.1, 0.15) is 6.42 Å². The first kappa shape index (κ1) is 16.3. The van der Waals surface area contributed by atoms with Crippen molar-refractivity contribution in [1.29, 1.82) is 0 Å². The summed E-state index contributed by atoms with van der Waals surface area (Å²) in [6.45, 7) is -0.874. The van der Waals surface area contributed by atoms with Crippen LogP contribution in [0.15, 0.2) is 0 Å². The number of carbonyl (C=O) groups is 1. The van der Waals surface area contributed by atoms with Crippen LogP contribution in [-0.4, -0.2) is 63.4 Å². The van der Waals surface area contributed by atoms with Gasteiger partial charge in [0.2, 0.25) is 10.0 Å². The van der Waals surface area contributed by atoms with E-state index in [4.69, 9.17) is 10.2 Å². The molecule has 0 heterocycles. The molecule has 0 bridgehead atoms. The Morgan fingerprint density at radius 3 is 2.12 bits per heavy atom. The Kier molecular flexibility index (Phi) is 6.02. The van der Waals surface area contributed by atoms with Crippen molar-refractivity contribution in [3.63, 3.8) is 0 Å². The zero-order chi connectivity index (χ0) is 13.7. The van der Waals surface area contributed by atoms with Crippen molar-refractivity contribution in [1.82, 2.24) is 4.72 Å². The molecule has 0 radical (unpaired) electrons. The molecule has 17 heavy (non-hydrogen) atoms. The van der Waals surface area contributed by atoms with E-state index >= 15 is 0 Å². The van der Waals surface area contributed by atoms with Gasteiger partial charge in [-0.25, -0.2) is 16.8 Å². The van der Waals surface area contributed by atoms with Gasteiger partial charge in [0.15, 0.2) is 0 Å². The van der Waals surface area contributed by atoms with Crippen molar-refractivity contribution >= 4 is 25.8 Å². The molecular weight excluding hydrogens is 274 g/mol. The first-order chi connectivity index (χ1) is 7.57. The summed E-state index contributed by atoms with van der Waals surface area (Å²) in [5, 5.41) is 17.1. The molecule has 3 N–H and O–H groups in total. The highest BCUT2D eigenvalue weighted by Crippen LogP contribution is 1.96. The lowest BCUT2D eigenvalue weighted by atomic mass is 10.3. The van der Waals surface area contributed by atoms with Crippen LogP contribution in [-0.2, 0) is 24.7 Å². The van der Waals surface area contributed by atoms with E-state index in [2.05, 4.69) is 0 Å². The van der Waals surface area contributed by atoms with Crippen LogP contribution in [0.3, 0.4) is 0 Å². The van der Waals surface area contributed by atoms with Crippen LogP contribution in [0, 0.1) is 0 Å². The van der Waals surface area contributed by atoms with E-state index in [-0.39, 0.29) is 12.2 Å². The van der Waals surface area contributed by atoms with Gasteiger partial charge in [0.1, 0.15) is 15.9 Å². The molecule has 1 atom stereocenters. The van der Waals surface area contributed by atoms with Gasteiger partial charge in [-0.3, -0.25) is 4.79 Å². The standard InChI is InChI=1S/C7H15NO7S2/c1-16(12,13)3-2-4-17(14,15)8-6(5-9)7(10)11/h6,8-9H,2-5H2,1H3,(H,10,11). The highest BCUT2D eigenvalue weighted by atomic mass is 32.2. The van der Waals surface area contributed by atoms with Crippen LogP contribution >= 0.6 is 0 Å². The molecule has 0 aliphatic rings. The van der Waals surface area contributed by atoms with E-state index in [1.807, 2.05) is 0 Å². The Hall–Kier alpha value is -0.710. The van der Waals surface area contributed by atoms with Gasteiger partial charge >= 0.3 is 5.97 Å². The fourth-order valence-electron chi connectivity index (χ4n) is 0.953. The minimum absolute atomic E-state index is 0.133. The van der Waals surface area contributed by atoms with Gasteiger partial charge in [0.25, 0.3) is 0 Å². The number of aliphatic hydroxyl groups excluding tert-OH is 1. The number of sulfone groups is 1. The van der Waals surface area contributed by atoms with E-state index in [0.29, 0.717) is 0 Å². The third-order valence-corrected chi connectivity index (χ3v) is 4.23. The summed E-state index contributed by atoms with van der Waals surface area (Å²) in [5.74, 6) is -2.31. The minimum atomic E-state index is -3.92. The van der Waals surface area contributed by atoms with Crippen molar-refractivity contribution in [2.45, 2.75) is 12.5 Å². The molecular formula is C7H15NO7S2. The van der Waals surface area contributed by atoms with Gasteiger partial charge < -0.3 is 10.2 Å². The van der Waals surface area contributed by atoms with E-state index in [1.54, 1.807) is 4.72 Å². The Bertz CT molecular complexity index is 453. The lowest BCUT2D eigenvalue weighted by Crippen LogP contribution is -2.44. The number of aliphatic carboxylic acids is 1. The normalized spacial score (nSPS) is 14.5. The van der Waals surface area contributed by atoms with Crippen molar-refractivity contribution in [2.75, 3.05) is 24.4 Å². The first-order valence-corrected chi connectivity index (χ1v) is 8.30. The monoisotopic (exact) mass is 289 g/mol. The van der Waals surface area contributed by atoms with Crippen molar-refractivity contribution in [2.24, 2.45) is 0 Å². The van der Waals surface area contributed by atoms with E-state index in [1.165, 1.54) is 0 Å². The highest BCUT2D eigenvalue weighted by molar-refractivity contribution is 7.91. The average molecular weight is 289 g/mol. The molecule has 0 aromatic heterocycles. The number of hydrogen-bond donors (Lipinski definition) is 3. The summed E-state index contributed by atoms with van der Waals surface area (Å²) in [6, 6.07) is -1.61. The Labute approximate surface area is 99.6 Å². The predicted octanol–water partition coefficient (Wildman–Crippen LogP) is -2.21. The molecule has 0 aromatic carbocycles. The van der Waals surface area contributed by atoms with Crippen molar-refractivity contribution < 1.29 is 31.8 Å². The summed E-state index contributed by atoms with van der Waals surface area (Å²) in [5.41, 5.74) is 0. The molecule has 0 spiro atoms. The fraction of sp³-hybridized carbons (Fsp3) is 0.857. The van der Waals surface area contributed by atoms with Crippen LogP contribution in [0.2, 0.25) is 0 Å². The van der Waals surface area contributed by atoms with E-state index in [0.717, 1.165) is 6.26 Å². The zero-order valence-electron chi connectivity index (χ0n) is 9.16. The Morgan fingerprint density at radius 2 is 1.76 bits per heavy atom. The Balaban J connectivity index is 4.35. The molecule has 10 heteroatoms. The summed E-state index contributed by atoms with van der Waals surface area (Å²) >= 11 is 0. The van der Waals surface area contributed by atoms with Gasteiger partial charge in [-0.2, -0.15) is 4.72 Å². The summed E-state index contributed by atoms with van der Waals surface area (Å²) in [4.78, 5) is 10.5. The number of rotatable bonds is 8. The molecule has 0 aliphatic heterocycles. The second-order valence-electron chi connectivity index (χ2n) is 3.49. The molecule has 102 valence electrons. The number of carboxylic acid groups (broad SMARTS) is 1. The van der Waals surface area contributed by atoms with Crippen LogP contribution in [0.25, 0.3) is 0 Å². The van der Waals surface area contributed by atoms with Crippen molar-refractivity contribution in [3.8, 4) is 0 Å². The van der Waals surface area contributed by atoms with Crippen LogP contribution in [0.4, 0.5) is 0 Å². The topological polar surface area (TPSA) is 138 Å². The van der Waals surface area contributed by atoms with Gasteiger partial charge in [-0.1, -0.05) is 0 Å². The van der Waals surface area contributed by atoms with Crippen LogP contribution < -0.4 is 4.72 Å². The average Bonchev–Trinajstić information content (AvgIpc) is 2.11. The summed E-state index contributed by atoms with van der Waals surface area (Å²) in [6.07, 6.45) is 0.840. The maximum atomic E-state index is 11.3. The zero-order valence-corrected chi connectivity index (χ0v) is 10.8. The molecule has 8 nitrogen and oxygen atoms in total. The SMILES string of the molecule is CS(=O)(=O)CCCS(=O)(=O)NC(CO)C(=O)O. The van der Waals surface area contributed by atoms with Crippen molar-refractivity contribution in [3.05, 3.63) is 0 Å². The molecule has 0 rings (SSSR count). The van der Waals surface area contributed by atoms with E-state index in [9.17, 15) is 21.6 Å². The predicted molar refractivity (Wildman–Crippen MR) is 59.8 cm³/mol. The number of aliphatic hydroxyl groups is 1. The second kappa shape index (κ2) is 6.28. The lowest BCUT2D eigenvalue weighted by molar-refractivity contribution is -0.139. The lowest BCUT2D eigenvalue weighted by Gasteiger charge is -2.11. The molecule has 0 saturated carbocycles. The molecule has 1 unspecified atom stereocenters. The molecule has 0 aliphatic carbocycles. The maximum absolute atomic E-state index is 11.3. The molecule has 0 saturated heterocycles. The molecule has 0 fully saturated rings. The largest absolute Gasteiger partial charge is 0.480 e. The third kappa shape index (κ3) is 8.07. The van der Waals surface area contributed by atoms with Gasteiger partial charge in [-0.05, 0) is 6.42 Å². The maximum Gasteiger partial charge on any atom is 0.324 e. The number of nitrogens with one attached hydrogen (secondary N) is 1. The minimum Gasteiger partial charge on any atom is -0.480 e. The second-order valence-corrected chi connectivity index (χ2v) is 7.63. The number of hydrogen-bond acceptors (Lipinski definition) is 6. The van der Waals surface area contributed by atoms with Gasteiger partial charge in [-0.15, -0.1) is 0 Å². The smallest absolute Gasteiger partial charge is 0.324 e. The first-order valence-electron chi connectivity index (χ1n) is 4.59. The fourth-order valence-corrected chi connectivity index (χ4v) is 3.06. The van der Waals surface area contributed by atoms with Gasteiger partial charge in [0.05, 0.1) is 18.1 Å². The quantitative estimate of drug-likeness (QED) is 0.460. The van der Waals surface area contributed by atoms with Crippen LogP contribution in [0.5, 0.6) is 0 Å². The van der Waals surface area contributed by atoms with E-state index < -0.39 is 44.2 Å². The third-order valence-electron chi connectivity index (χ3n) is 1.73. The summed E-state index contributed by atoms with van der Waals surface area (Å²) < 4.78 is 45.9. The Morgan fingerprint density at radius 1 is 1.24 bits per heavy atom.